The Bertz CT molecular complexity index is 526. The molecular formula is C9H9N3O2S2. The molecule has 0 fully saturated rings. The lowest BCUT2D eigenvalue weighted by Gasteiger charge is -2.01. The number of ether oxygens (including phenoxy) is 1. The van der Waals surface area contributed by atoms with Crippen LogP contribution >= 0.6 is 23.1 Å². The minimum absolute atomic E-state index is 0.187. The van der Waals surface area contributed by atoms with E-state index >= 15 is 0 Å². The SMILES string of the molecule is COC(=O)CSc1nc(N)c2ccsc2n1. The normalized spacial score (nSPS) is 10.6. The van der Waals surface area contributed by atoms with Gasteiger partial charge in [0, 0.05) is 0 Å². The molecule has 16 heavy (non-hydrogen) atoms. The fraction of sp³-hybridized carbons (Fsp3) is 0.222. The number of carbonyl (C=O) groups excluding carboxylic acids is 1. The van der Waals surface area contributed by atoms with Crippen LogP contribution < -0.4 is 5.73 Å². The number of thioether (sulfide) groups is 1. The summed E-state index contributed by atoms with van der Waals surface area (Å²) in [6.07, 6.45) is 0. The van der Waals surface area contributed by atoms with Crippen LogP contribution in [0.4, 0.5) is 5.82 Å². The molecular weight excluding hydrogens is 246 g/mol. The number of rotatable bonds is 3. The van der Waals surface area contributed by atoms with Crippen LogP contribution in [0.1, 0.15) is 0 Å². The Labute approximate surface area is 100 Å². The van der Waals surface area contributed by atoms with Gasteiger partial charge in [-0.05, 0) is 11.4 Å². The minimum atomic E-state index is -0.307. The molecule has 0 aliphatic carbocycles. The van der Waals surface area contributed by atoms with Crippen LogP contribution in [0, 0.1) is 0 Å². The van der Waals surface area contributed by atoms with Gasteiger partial charge in [0.2, 0.25) is 0 Å². The lowest BCUT2D eigenvalue weighted by atomic mass is 10.4. The number of nitrogen functional groups attached to an aromatic ring is 1. The van der Waals surface area contributed by atoms with Crippen LogP contribution in [0.25, 0.3) is 10.2 Å². The number of fused-ring (bicyclic) bond motifs is 1. The fourth-order valence-corrected chi connectivity index (χ4v) is 2.62. The largest absolute Gasteiger partial charge is 0.468 e. The summed E-state index contributed by atoms with van der Waals surface area (Å²) in [6, 6.07) is 1.88. The van der Waals surface area contributed by atoms with Crippen LogP contribution in [-0.2, 0) is 9.53 Å². The highest BCUT2D eigenvalue weighted by atomic mass is 32.2. The first kappa shape index (κ1) is 11.2. The predicted octanol–water partition coefficient (Wildman–Crippen LogP) is 1.54. The van der Waals surface area contributed by atoms with Crippen molar-refractivity contribution in [2.45, 2.75) is 5.16 Å². The van der Waals surface area contributed by atoms with Gasteiger partial charge in [-0.3, -0.25) is 4.79 Å². The number of methoxy groups -OCH3 is 1. The molecule has 0 saturated carbocycles. The number of esters is 1. The Morgan fingerprint density at radius 1 is 1.62 bits per heavy atom. The van der Waals surface area contributed by atoms with Gasteiger partial charge in [-0.25, -0.2) is 9.97 Å². The maximum absolute atomic E-state index is 11.0. The van der Waals surface area contributed by atoms with Gasteiger partial charge in [-0.15, -0.1) is 11.3 Å². The Balaban J connectivity index is 2.21. The van der Waals surface area contributed by atoms with Crippen molar-refractivity contribution in [1.82, 2.24) is 9.97 Å². The number of thiophene rings is 1. The number of carbonyl (C=O) groups is 1. The van der Waals surface area contributed by atoms with E-state index in [0.717, 1.165) is 10.2 Å². The first-order valence-corrected chi connectivity index (χ1v) is 6.27. The highest BCUT2D eigenvalue weighted by Gasteiger charge is 2.08. The van der Waals surface area contributed by atoms with Crippen molar-refractivity contribution in [2.75, 3.05) is 18.6 Å². The van der Waals surface area contributed by atoms with E-state index in [1.807, 2.05) is 11.4 Å². The van der Waals surface area contributed by atoms with Gasteiger partial charge < -0.3 is 10.5 Å². The van der Waals surface area contributed by atoms with Gasteiger partial charge in [0.1, 0.15) is 10.6 Å². The van der Waals surface area contributed by atoms with Gasteiger partial charge in [0.15, 0.2) is 5.16 Å². The predicted molar refractivity (Wildman–Crippen MR) is 64.6 cm³/mol. The van der Waals surface area contributed by atoms with Crippen LogP contribution in [-0.4, -0.2) is 28.8 Å². The van der Waals surface area contributed by atoms with Gasteiger partial charge in [0.25, 0.3) is 0 Å². The van der Waals surface area contributed by atoms with E-state index in [4.69, 9.17) is 5.73 Å². The molecule has 0 aliphatic rings. The number of aromatic nitrogens is 2. The lowest BCUT2D eigenvalue weighted by Crippen LogP contribution is -2.04. The molecule has 84 valence electrons. The maximum Gasteiger partial charge on any atom is 0.316 e. The summed E-state index contributed by atoms with van der Waals surface area (Å²) in [6.45, 7) is 0. The minimum Gasteiger partial charge on any atom is -0.468 e. The lowest BCUT2D eigenvalue weighted by molar-refractivity contribution is -0.137. The summed E-state index contributed by atoms with van der Waals surface area (Å²) in [5, 5.41) is 3.26. The molecule has 7 heteroatoms. The molecule has 0 spiro atoms. The maximum atomic E-state index is 11.0. The zero-order valence-corrected chi connectivity index (χ0v) is 10.1. The Hall–Kier alpha value is -1.34. The zero-order valence-electron chi connectivity index (χ0n) is 8.47. The summed E-state index contributed by atoms with van der Waals surface area (Å²) in [7, 11) is 1.35. The molecule has 2 rings (SSSR count). The van der Waals surface area contributed by atoms with Crippen molar-refractivity contribution in [3.05, 3.63) is 11.4 Å². The summed E-state index contributed by atoms with van der Waals surface area (Å²) in [5.74, 6) is 0.323. The van der Waals surface area contributed by atoms with E-state index in [1.54, 1.807) is 0 Å². The third-order valence-corrected chi connectivity index (χ3v) is 3.51. The molecule has 2 heterocycles. The monoisotopic (exact) mass is 255 g/mol. The molecule has 0 saturated heterocycles. The number of anilines is 1. The first-order valence-electron chi connectivity index (χ1n) is 4.41. The zero-order chi connectivity index (χ0) is 11.5. The molecule has 2 N–H and O–H groups in total. The molecule has 0 aromatic carbocycles. The standard InChI is InChI=1S/C9H9N3O2S2/c1-14-6(13)4-16-9-11-7(10)5-2-3-15-8(5)12-9/h2-3H,4H2,1H3,(H2,10,11,12). The summed E-state index contributed by atoms with van der Waals surface area (Å²) in [4.78, 5) is 20.2. The average molecular weight is 255 g/mol. The molecule has 0 amide bonds. The number of nitrogens with zero attached hydrogens (tertiary/aromatic N) is 2. The van der Waals surface area contributed by atoms with E-state index in [0.29, 0.717) is 11.0 Å². The average Bonchev–Trinajstić information content (AvgIpc) is 2.74. The van der Waals surface area contributed by atoms with Gasteiger partial charge in [-0.1, -0.05) is 11.8 Å². The third-order valence-electron chi connectivity index (χ3n) is 1.88. The van der Waals surface area contributed by atoms with Crippen molar-refractivity contribution in [3.63, 3.8) is 0 Å². The highest BCUT2D eigenvalue weighted by Crippen LogP contribution is 2.26. The molecule has 5 nitrogen and oxygen atoms in total. The quantitative estimate of drug-likeness (QED) is 0.509. The number of hydrogen-bond donors (Lipinski definition) is 1. The van der Waals surface area contributed by atoms with Crippen LogP contribution in [0.2, 0.25) is 0 Å². The van der Waals surface area contributed by atoms with Crippen molar-refractivity contribution in [2.24, 2.45) is 0 Å². The smallest absolute Gasteiger partial charge is 0.316 e. The van der Waals surface area contributed by atoms with E-state index in [1.165, 1.54) is 30.2 Å². The Morgan fingerprint density at radius 3 is 3.19 bits per heavy atom. The molecule has 0 bridgehead atoms. The fourth-order valence-electron chi connectivity index (χ4n) is 1.10. The molecule has 0 atom stereocenters. The molecule has 0 radical (unpaired) electrons. The second-order valence-corrected chi connectivity index (χ2v) is 4.73. The molecule has 2 aromatic rings. The van der Waals surface area contributed by atoms with E-state index in [-0.39, 0.29) is 11.7 Å². The molecule has 2 aromatic heterocycles. The third kappa shape index (κ3) is 2.25. The van der Waals surface area contributed by atoms with Crippen molar-refractivity contribution in [3.8, 4) is 0 Å². The molecule has 0 unspecified atom stereocenters. The molecule has 0 aliphatic heterocycles. The van der Waals surface area contributed by atoms with E-state index in [9.17, 15) is 4.79 Å². The Morgan fingerprint density at radius 2 is 2.44 bits per heavy atom. The van der Waals surface area contributed by atoms with Gasteiger partial charge in [0.05, 0.1) is 18.2 Å². The van der Waals surface area contributed by atoms with Gasteiger partial charge in [-0.2, -0.15) is 0 Å². The number of nitrogens with two attached hydrogens (primary N) is 1. The second-order valence-electron chi connectivity index (χ2n) is 2.90. The van der Waals surface area contributed by atoms with Crippen molar-refractivity contribution >= 4 is 45.1 Å². The van der Waals surface area contributed by atoms with Crippen molar-refractivity contribution < 1.29 is 9.53 Å². The second kappa shape index (κ2) is 4.67. The van der Waals surface area contributed by atoms with Crippen LogP contribution in [0.3, 0.4) is 0 Å². The highest BCUT2D eigenvalue weighted by molar-refractivity contribution is 7.99. The van der Waals surface area contributed by atoms with E-state index in [2.05, 4.69) is 14.7 Å². The van der Waals surface area contributed by atoms with E-state index < -0.39 is 0 Å². The van der Waals surface area contributed by atoms with Crippen LogP contribution in [0.15, 0.2) is 16.6 Å². The van der Waals surface area contributed by atoms with Gasteiger partial charge >= 0.3 is 5.97 Å². The van der Waals surface area contributed by atoms with Crippen molar-refractivity contribution in [1.29, 1.82) is 0 Å². The number of hydrogen-bond acceptors (Lipinski definition) is 7. The Kier molecular flexibility index (Phi) is 3.25. The summed E-state index contributed by atoms with van der Waals surface area (Å²) in [5.41, 5.74) is 5.77. The summed E-state index contributed by atoms with van der Waals surface area (Å²) >= 11 is 2.71. The van der Waals surface area contributed by atoms with Crippen LogP contribution in [0.5, 0.6) is 0 Å². The topological polar surface area (TPSA) is 78.1 Å². The summed E-state index contributed by atoms with van der Waals surface area (Å²) < 4.78 is 4.53. The first-order chi connectivity index (χ1) is 7.70.